The van der Waals surface area contributed by atoms with Gasteiger partial charge in [0.1, 0.15) is 5.82 Å². The van der Waals surface area contributed by atoms with E-state index in [1.54, 1.807) is 19.1 Å². The van der Waals surface area contributed by atoms with E-state index in [4.69, 9.17) is 4.74 Å². The van der Waals surface area contributed by atoms with Gasteiger partial charge in [-0.05, 0) is 30.5 Å². The van der Waals surface area contributed by atoms with Crippen molar-refractivity contribution in [3.05, 3.63) is 35.1 Å². The van der Waals surface area contributed by atoms with Crippen LogP contribution in [0.3, 0.4) is 0 Å². The lowest BCUT2D eigenvalue weighted by Crippen LogP contribution is -2.20. The molecule has 1 N–H and O–H groups in total. The van der Waals surface area contributed by atoms with Crippen molar-refractivity contribution in [3.8, 4) is 11.8 Å². The predicted molar refractivity (Wildman–Crippen MR) is 62.4 cm³/mol. The maximum Gasteiger partial charge on any atom is 0.296 e. The zero-order valence-corrected chi connectivity index (χ0v) is 9.84. The Labute approximate surface area is 100.0 Å². The summed E-state index contributed by atoms with van der Waals surface area (Å²) in [6.45, 7) is 2.13. The molecule has 0 aliphatic carbocycles. The van der Waals surface area contributed by atoms with Crippen molar-refractivity contribution in [1.29, 1.82) is 0 Å². The fourth-order valence-corrected chi connectivity index (χ4v) is 1.34. The molecule has 1 aromatic carbocycles. The van der Waals surface area contributed by atoms with E-state index in [0.717, 1.165) is 5.56 Å². The van der Waals surface area contributed by atoms with Gasteiger partial charge in [-0.3, -0.25) is 4.79 Å². The largest absolute Gasteiger partial charge is 0.380 e. The number of methoxy groups -OCH3 is 1. The third-order valence-corrected chi connectivity index (χ3v) is 2.10. The molecule has 0 spiro atoms. The summed E-state index contributed by atoms with van der Waals surface area (Å²) in [7, 11) is 1.50. The van der Waals surface area contributed by atoms with Crippen LogP contribution < -0.4 is 5.32 Å². The van der Waals surface area contributed by atoms with Crippen LogP contribution in [0.25, 0.3) is 0 Å². The molecule has 0 radical (unpaired) electrons. The topological polar surface area (TPSA) is 38.3 Å². The van der Waals surface area contributed by atoms with Crippen LogP contribution in [-0.2, 0) is 22.7 Å². The highest BCUT2D eigenvalue weighted by atomic mass is 19.1. The van der Waals surface area contributed by atoms with Crippen LogP contribution >= 0.6 is 0 Å². The smallest absolute Gasteiger partial charge is 0.296 e. The van der Waals surface area contributed by atoms with Gasteiger partial charge in [0.2, 0.25) is 0 Å². The number of carbonyl (C=O) groups is 1. The molecule has 4 heteroatoms. The van der Waals surface area contributed by atoms with Crippen LogP contribution in [0.4, 0.5) is 4.39 Å². The van der Waals surface area contributed by atoms with Crippen molar-refractivity contribution >= 4 is 5.91 Å². The van der Waals surface area contributed by atoms with Crippen LogP contribution in [0.2, 0.25) is 0 Å². The van der Waals surface area contributed by atoms with Crippen molar-refractivity contribution in [1.82, 2.24) is 5.32 Å². The molecule has 1 rings (SSSR count). The molecule has 0 aliphatic heterocycles. The normalized spacial score (nSPS) is 9.35. The number of ether oxygens (including phenoxy) is 1. The van der Waals surface area contributed by atoms with Gasteiger partial charge in [-0.25, -0.2) is 4.39 Å². The van der Waals surface area contributed by atoms with Gasteiger partial charge in [0, 0.05) is 19.2 Å². The van der Waals surface area contributed by atoms with Gasteiger partial charge in [0.25, 0.3) is 5.91 Å². The maximum atomic E-state index is 13.3. The first kappa shape index (κ1) is 13.2. The Morgan fingerprint density at radius 3 is 2.94 bits per heavy atom. The lowest BCUT2D eigenvalue weighted by atomic mass is 10.1. The van der Waals surface area contributed by atoms with Crippen LogP contribution in [0, 0.1) is 17.7 Å². The summed E-state index contributed by atoms with van der Waals surface area (Å²) in [5, 5.41) is 2.61. The standard InChI is InChI=1S/C13H14FNO2/c1-3-4-13(16)15-8-10-5-6-12(14)11(7-10)9-17-2/h5-7H,8-9H2,1-2H3,(H,15,16). The molecule has 90 valence electrons. The van der Waals surface area contributed by atoms with Gasteiger partial charge in [-0.2, -0.15) is 0 Å². The number of halogens is 1. The first-order valence-electron chi connectivity index (χ1n) is 5.14. The third kappa shape index (κ3) is 4.25. The number of amides is 1. The summed E-state index contributed by atoms with van der Waals surface area (Å²) >= 11 is 0. The highest BCUT2D eigenvalue weighted by Gasteiger charge is 2.04. The Morgan fingerprint density at radius 2 is 2.29 bits per heavy atom. The van der Waals surface area contributed by atoms with Gasteiger partial charge in [0.05, 0.1) is 6.61 Å². The Bertz CT molecular complexity index is 460. The third-order valence-electron chi connectivity index (χ3n) is 2.10. The summed E-state index contributed by atoms with van der Waals surface area (Å²) in [6.07, 6.45) is 0. The summed E-state index contributed by atoms with van der Waals surface area (Å²) in [6, 6.07) is 4.65. The summed E-state index contributed by atoms with van der Waals surface area (Å²) in [5.41, 5.74) is 1.28. The fourth-order valence-electron chi connectivity index (χ4n) is 1.34. The number of carbonyl (C=O) groups excluding carboxylic acids is 1. The summed E-state index contributed by atoms with van der Waals surface area (Å²) < 4.78 is 18.2. The number of hydrogen-bond donors (Lipinski definition) is 1. The van der Waals surface area contributed by atoms with E-state index in [-0.39, 0.29) is 18.3 Å². The minimum Gasteiger partial charge on any atom is -0.380 e. The minimum atomic E-state index is -0.342. The van der Waals surface area contributed by atoms with Gasteiger partial charge >= 0.3 is 0 Å². The second-order valence-corrected chi connectivity index (χ2v) is 3.42. The monoisotopic (exact) mass is 235 g/mol. The molecule has 0 unspecified atom stereocenters. The van der Waals surface area contributed by atoms with E-state index in [1.807, 2.05) is 0 Å². The molecule has 1 amide bonds. The number of nitrogens with one attached hydrogen (secondary N) is 1. The van der Waals surface area contributed by atoms with Crippen molar-refractivity contribution in [2.45, 2.75) is 20.1 Å². The molecular formula is C13H14FNO2. The molecule has 1 aromatic rings. The van der Waals surface area contributed by atoms with E-state index in [2.05, 4.69) is 17.2 Å². The molecule has 0 aliphatic rings. The molecule has 3 nitrogen and oxygen atoms in total. The zero-order valence-electron chi connectivity index (χ0n) is 9.84. The SMILES string of the molecule is CC#CC(=O)NCc1ccc(F)c(COC)c1. The molecule has 17 heavy (non-hydrogen) atoms. The van der Waals surface area contributed by atoms with Crippen molar-refractivity contribution in [3.63, 3.8) is 0 Å². The minimum absolute atomic E-state index is 0.211. The predicted octanol–water partition coefficient (Wildman–Crippen LogP) is 1.61. The zero-order chi connectivity index (χ0) is 12.7. The lowest BCUT2D eigenvalue weighted by molar-refractivity contribution is -0.115. The molecule has 0 bridgehead atoms. The van der Waals surface area contributed by atoms with Crippen molar-refractivity contribution in [2.24, 2.45) is 0 Å². The number of rotatable bonds is 4. The van der Waals surface area contributed by atoms with Gasteiger partial charge < -0.3 is 10.1 Å². The van der Waals surface area contributed by atoms with E-state index in [0.29, 0.717) is 12.1 Å². The van der Waals surface area contributed by atoms with Gasteiger partial charge in [-0.1, -0.05) is 12.0 Å². The first-order chi connectivity index (χ1) is 8.17. The average Bonchev–Trinajstić information content (AvgIpc) is 2.31. The lowest BCUT2D eigenvalue weighted by Gasteiger charge is -2.06. The van der Waals surface area contributed by atoms with E-state index >= 15 is 0 Å². The van der Waals surface area contributed by atoms with Crippen LogP contribution in [0.1, 0.15) is 18.1 Å². The van der Waals surface area contributed by atoms with E-state index in [9.17, 15) is 9.18 Å². The maximum absolute atomic E-state index is 13.3. The van der Waals surface area contributed by atoms with Crippen LogP contribution in [0.15, 0.2) is 18.2 Å². The summed E-state index contributed by atoms with van der Waals surface area (Å²) in [4.78, 5) is 11.1. The number of benzene rings is 1. The summed E-state index contributed by atoms with van der Waals surface area (Å²) in [5.74, 6) is 4.22. The van der Waals surface area contributed by atoms with Crippen molar-refractivity contribution in [2.75, 3.05) is 7.11 Å². The highest BCUT2D eigenvalue weighted by molar-refractivity contribution is 5.93. The average molecular weight is 235 g/mol. The molecule has 0 heterocycles. The molecule has 0 atom stereocenters. The van der Waals surface area contributed by atoms with Crippen LogP contribution in [-0.4, -0.2) is 13.0 Å². The van der Waals surface area contributed by atoms with Crippen molar-refractivity contribution < 1.29 is 13.9 Å². The molecule has 0 saturated heterocycles. The highest BCUT2D eigenvalue weighted by Crippen LogP contribution is 2.11. The Hall–Kier alpha value is -1.86. The Balaban J connectivity index is 2.67. The van der Waals surface area contributed by atoms with E-state index < -0.39 is 0 Å². The Kier molecular flexibility index (Phi) is 5.18. The van der Waals surface area contributed by atoms with Gasteiger partial charge in [0.15, 0.2) is 0 Å². The molecule has 0 saturated carbocycles. The molecule has 0 aromatic heterocycles. The first-order valence-corrected chi connectivity index (χ1v) is 5.14. The second-order valence-electron chi connectivity index (χ2n) is 3.42. The Morgan fingerprint density at radius 1 is 1.53 bits per heavy atom. The molecule has 0 fully saturated rings. The second kappa shape index (κ2) is 6.66. The van der Waals surface area contributed by atoms with E-state index in [1.165, 1.54) is 13.2 Å². The van der Waals surface area contributed by atoms with Gasteiger partial charge in [-0.15, -0.1) is 0 Å². The quantitative estimate of drug-likeness (QED) is 0.805. The number of hydrogen-bond acceptors (Lipinski definition) is 2. The van der Waals surface area contributed by atoms with Crippen LogP contribution in [0.5, 0.6) is 0 Å². The molecular weight excluding hydrogens is 221 g/mol. The fraction of sp³-hybridized carbons (Fsp3) is 0.308.